The van der Waals surface area contributed by atoms with Gasteiger partial charge in [0.25, 0.3) is 5.56 Å². The predicted octanol–water partition coefficient (Wildman–Crippen LogP) is 2.54. The summed E-state index contributed by atoms with van der Waals surface area (Å²) in [6.07, 6.45) is 0.0833. The number of likely N-dealkylation sites (N-methyl/N-ethyl adjacent to an activating group) is 1. The number of benzene rings is 2. The van der Waals surface area contributed by atoms with Gasteiger partial charge in [-0.05, 0) is 31.8 Å². The highest BCUT2D eigenvalue weighted by atomic mass is 35.5. The molecule has 0 radical (unpaired) electrons. The first-order valence-electron chi connectivity index (χ1n) is 8.61. The molecule has 2 N–H and O–H groups in total. The molecule has 140 valence electrons. The topological polar surface area (TPSA) is 78.1 Å². The summed E-state index contributed by atoms with van der Waals surface area (Å²) in [6, 6.07) is 14.7. The van der Waals surface area contributed by atoms with Crippen LogP contribution >= 0.6 is 11.6 Å². The minimum atomic E-state index is -0.263. The normalized spacial score (nSPS) is 12.3. The van der Waals surface area contributed by atoms with Crippen LogP contribution in [0.15, 0.2) is 53.3 Å². The van der Waals surface area contributed by atoms with Gasteiger partial charge in [0.1, 0.15) is 0 Å². The monoisotopic (exact) mass is 384 g/mol. The quantitative estimate of drug-likeness (QED) is 0.684. The number of nitrogens with zero attached hydrogens (tertiary/aromatic N) is 2. The molecule has 0 bridgehead atoms. The predicted molar refractivity (Wildman–Crippen MR) is 107 cm³/mol. The lowest BCUT2D eigenvalue weighted by atomic mass is 10.1. The van der Waals surface area contributed by atoms with E-state index in [0.717, 1.165) is 5.56 Å². The molecule has 1 amide bonds. The molecule has 0 fully saturated rings. The van der Waals surface area contributed by atoms with Crippen LogP contribution in [0.5, 0.6) is 0 Å². The molecular formula is C20H21ClN4O2. The summed E-state index contributed by atoms with van der Waals surface area (Å²) in [5, 5.41) is 11.3. The van der Waals surface area contributed by atoms with E-state index in [4.69, 9.17) is 11.6 Å². The molecule has 27 heavy (non-hydrogen) atoms. The molecule has 1 atom stereocenters. The van der Waals surface area contributed by atoms with Crippen molar-refractivity contribution in [1.82, 2.24) is 20.4 Å². The Kier molecular flexibility index (Phi) is 5.88. The minimum Gasteiger partial charge on any atom is -0.354 e. The second kappa shape index (κ2) is 8.33. The Morgan fingerprint density at radius 3 is 2.52 bits per heavy atom. The number of hydrogen-bond acceptors (Lipinski definition) is 4. The highest BCUT2D eigenvalue weighted by Crippen LogP contribution is 2.25. The van der Waals surface area contributed by atoms with Gasteiger partial charge in [0, 0.05) is 17.0 Å². The Bertz CT molecular complexity index is 1020. The van der Waals surface area contributed by atoms with Gasteiger partial charge in [-0.3, -0.25) is 9.59 Å². The number of hydrogen-bond donors (Lipinski definition) is 2. The number of H-pyrrole nitrogens is 1. The molecule has 0 aliphatic heterocycles. The standard InChI is InChI=1S/C20H21ClN4O2/c1-25(2)18(15-9-5-6-10-16(15)21)12-22-19(26)11-17-13-7-3-4-8-14(13)20(27)24-23-17/h3-10,18H,11-12H2,1-2H3,(H,22,26)(H,24,27). The lowest BCUT2D eigenvalue weighted by Gasteiger charge is -2.26. The lowest BCUT2D eigenvalue weighted by molar-refractivity contribution is -0.120. The van der Waals surface area contributed by atoms with Crippen molar-refractivity contribution < 1.29 is 4.79 Å². The third-order valence-electron chi connectivity index (χ3n) is 4.48. The number of amides is 1. The van der Waals surface area contributed by atoms with Gasteiger partial charge in [-0.15, -0.1) is 0 Å². The third-order valence-corrected chi connectivity index (χ3v) is 4.83. The molecule has 0 aliphatic rings. The van der Waals surface area contributed by atoms with Crippen molar-refractivity contribution in [1.29, 1.82) is 0 Å². The van der Waals surface area contributed by atoms with Gasteiger partial charge in [0.15, 0.2) is 0 Å². The summed E-state index contributed by atoms with van der Waals surface area (Å²) < 4.78 is 0. The van der Waals surface area contributed by atoms with Gasteiger partial charge >= 0.3 is 0 Å². The van der Waals surface area contributed by atoms with Crippen LogP contribution in [-0.4, -0.2) is 41.6 Å². The Morgan fingerprint density at radius 2 is 1.81 bits per heavy atom. The van der Waals surface area contributed by atoms with Gasteiger partial charge in [-0.25, -0.2) is 5.10 Å². The van der Waals surface area contributed by atoms with Gasteiger partial charge in [0.05, 0.1) is 23.5 Å². The zero-order chi connectivity index (χ0) is 19.4. The first kappa shape index (κ1) is 19.1. The summed E-state index contributed by atoms with van der Waals surface area (Å²) in [4.78, 5) is 26.4. The molecule has 1 aromatic heterocycles. The zero-order valence-electron chi connectivity index (χ0n) is 15.2. The van der Waals surface area contributed by atoms with E-state index in [2.05, 4.69) is 15.5 Å². The first-order chi connectivity index (χ1) is 13.0. The number of carbonyl (C=O) groups excluding carboxylic acids is 1. The van der Waals surface area contributed by atoms with Crippen LogP contribution in [0.3, 0.4) is 0 Å². The molecule has 3 aromatic rings. The maximum absolute atomic E-state index is 12.5. The molecule has 0 saturated heterocycles. The Balaban J connectivity index is 1.74. The maximum Gasteiger partial charge on any atom is 0.272 e. The van der Waals surface area contributed by atoms with Crippen molar-refractivity contribution in [2.24, 2.45) is 0 Å². The van der Waals surface area contributed by atoms with Crippen molar-refractivity contribution >= 4 is 28.3 Å². The second-order valence-electron chi connectivity index (χ2n) is 6.53. The average molecular weight is 385 g/mol. The van der Waals surface area contributed by atoms with E-state index in [1.54, 1.807) is 18.2 Å². The molecule has 6 nitrogen and oxygen atoms in total. The van der Waals surface area contributed by atoms with E-state index in [1.807, 2.05) is 49.3 Å². The molecule has 1 heterocycles. The van der Waals surface area contributed by atoms with Crippen molar-refractivity contribution in [2.75, 3.05) is 20.6 Å². The fourth-order valence-corrected chi connectivity index (χ4v) is 3.31. The average Bonchev–Trinajstić information content (AvgIpc) is 2.65. The maximum atomic E-state index is 12.5. The molecule has 3 rings (SSSR count). The molecule has 0 aliphatic carbocycles. The van der Waals surface area contributed by atoms with E-state index in [-0.39, 0.29) is 23.9 Å². The van der Waals surface area contributed by atoms with Crippen molar-refractivity contribution in [3.05, 3.63) is 75.2 Å². The summed E-state index contributed by atoms with van der Waals surface area (Å²) in [6.45, 7) is 0.414. The first-order valence-corrected chi connectivity index (χ1v) is 8.99. The summed E-state index contributed by atoms with van der Waals surface area (Å²) in [7, 11) is 3.88. The number of rotatable bonds is 6. The number of fused-ring (bicyclic) bond motifs is 1. The van der Waals surface area contributed by atoms with E-state index in [0.29, 0.717) is 28.0 Å². The number of nitrogens with one attached hydrogen (secondary N) is 2. The fraction of sp³-hybridized carbons (Fsp3) is 0.250. The number of aromatic amines is 1. The van der Waals surface area contributed by atoms with Crippen LogP contribution < -0.4 is 10.9 Å². The largest absolute Gasteiger partial charge is 0.354 e. The van der Waals surface area contributed by atoms with Crippen LogP contribution in [0.1, 0.15) is 17.3 Å². The smallest absolute Gasteiger partial charge is 0.272 e. The van der Waals surface area contributed by atoms with Crippen molar-refractivity contribution in [3.63, 3.8) is 0 Å². The Hall–Kier alpha value is -2.70. The zero-order valence-corrected chi connectivity index (χ0v) is 16.0. The molecule has 2 aromatic carbocycles. The van der Waals surface area contributed by atoms with E-state index in [1.165, 1.54) is 0 Å². The molecule has 7 heteroatoms. The second-order valence-corrected chi connectivity index (χ2v) is 6.93. The van der Waals surface area contributed by atoms with Crippen molar-refractivity contribution in [3.8, 4) is 0 Å². The van der Waals surface area contributed by atoms with Gasteiger partial charge in [-0.2, -0.15) is 5.10 Å². The number of halogens is 1. The highest BCUT2D eigenvalue weighted by molar-refractivity contribution is 6.31. The van der Waals surface area contributed by atoms with Gasteiger partial charge in [0.2, 0.25) is 5.91 Å². The van der Waals surface area contributed by atoms with E-state index in [9.17, 15) is 9.59 Å². The SMILES string of the molecule is CN(C)C(CNC(=O)Cc1n[nH]c(=O)c2ccccc12)c1ccccc1Cl. The molecule has 1 unspecified atom stereocenters. The molecule has 0 saturated carbocycles. The lowest BCUT2D eigenvalue weighted by Crippen LogP contribution is -2.35. The highest BCUT2D eigenvalue weighted by Gasteiger charge is 2.18. The van der Waals surface area contributed by atoms with Crippen LogP contribution in [0.25, 0.3) is 10.8 Å². The Labute approximate surface area is 162 Å². The van der Waals surface area contributed by atoms with Crippen LogP contribution in [0.4, 0.5) is 0 Å². The van der Waals surface area contributed by atoms with E-state index < -0.39 is 0 Å². The number of aromatic nitrogens is 2. The minimum absolute atomic E-state index is 0.0528. The van der Waals surface area contributed by atoms with Crippen LogP contribution in [0.2, 0.25) is 5.02 Å². The van der Waals surface area contributed by atoms with Crippen LogP contribution in [-0.2, 0) is 11.2 Å². The summed E-state index contributed by atoms with van der Waals surface area (Å²) >= 11 is 6.31. The summed E-state index contributed by atoms with van der Waals surface area (Å²) in [5.74, 6) is -0.168. The van der Waals surface area contributed by atoms with E-state index >= 15 is 0 Å². The number of carbonyl (C=O) groups is 1. The molecular weight excluding hydrogens is 364 g/mol. The van der Waals surface area contributed by atoms with Crippen LogP contribution in [0, 0.1) is 0 Å². The van der Waals surface area contributed by atoms with Crippen molar-refractivity contribution in [2.45, 2.75) is 12.5 Å². The molecule has 0 spiro atoms. The van der Waals surface area contributed by atoms with Gasteiger partial charge < -0.3 is 10.2 Å². The summed E-state index contributed by atoms with van der Waals surface area (Å²) in [5.41, 5.74) is 1.24. The van der Waals surface area contributed by atoms with Gasteiger partial charge in [-0.1, -0.05) is 48.0 Å². The fourth-order valence-electron chi connectivity index (χ4n) is 3.05. The third kappa shape index (κ3) is 4.35. The Morgan fingerprint density at radius 1 is 1.15 bits per heavy atom.